The van der Waals surface area contributed by atoms with Crippen LogP contribution in [0.25, 0.3) is 10.9 Å². The molecule has 0 spiro atoms. The zero-order valence-electron chi connectivity index (χ0n) is 21.5. The van der Waals surface area contributed by atoms with Gasteiger partial charge in [0.2, 0.25) is 5.91 Å². The number of amides is 1. The summed E-state index contributed by atoms with van der Waals surface area (Å²) in [6, 6.07) is 11.3. The van der Waals surface area contributed by atoms with Gasteiger partial charge in [0.15, 0.2) is 17.3 Å². The monoisotopic (exact) mass is 535 g/mol. The molecule has 204 valence electrons. The molecular weight excluding hydrogens is 505 g/mol. The first kappa shape index (κ1) is 26.3. The number of halogens is 1. The summed E-state index contributed by atoms with van der Waals surface area (Å²) in [5.74, 6) is 0.914. The summed E-state index contributed by atoms with van der Waals surface area (Å²) in [6.45, 7) is 2.89. The summed E-state index contributed by atoms with van der Waals surface area (Å²) in [5, 5.41) is 17.5. The van der Waals surface area contributed by atoms with E-state index in [4.69, 9.17) is 15.2 Å². The molecule has 2 aromatic carbocycles. The molecule has 4 aromatic rings. The summed E-state index contributed by atoms with van der Waals surface area (Å²) >= 11 is 0. The number of hydrogen-bond donors (Lipinski definition) is 3. The van der Waals surface area contributed by atoms with E-state index < -0.39 is 11.7 Å². The van der Waals surface area contributed by atoms with Gasteiger partial charge in [-0.25, -0.2) is 14.4 Å². The molecule has 2 aromatic heterocycles. The van der Waals surface area contributed by atoms with Crippen LogP contribution in [0.2, 0.25) is 0 Å². The topological polar surface area (TPSA) is 143 Å². The highest BCUT2D eigenvalue weighted by molar-refractivity contribution is 5.96. The van der Waals surface area contributed by atoms with Gasteiger partial charge < -0.3 is 25.2 Å². The summed E-state index contributed by atoms with van der Waals surface area (Å²) in [4.78, 5) is 24.3. The fraction of sp³-hybridized carbons (Fsp3) is 0.333. The molecule has 5 rings (SSSR count). The maximum atomic E-state index is 14.3. The average molecular weight is 536 g/mol. The lowest BCUT2D eigenvalue weighted by molar-refractivity contribution is -0.117. The lowest BCUT2D eigenvalue weighted by Crippen LogP contribution is -2.24. The molecule has 12 heteroatoms. The van der Waals surface area contributed by atoms with Crippen molar-refractivity contribution in [3.05, 3.63) is 60.3 Å². The number of hydrogen-bond acceptors (Lipinski definition) is 9. The van der Waals surface area contributed by atoms with E-state index in [9.17, 15) is 14.3 Å². The molecule has 1 saturated heterocycles. The third-order valence-electron chi connectivity index (χ3n) is 6.51. The maximum Gasteiger partial charge on any atom is 0.223 e. The molecule has 1 atom stereocenters. The Morgan fingerprint density at radius 1 is 1.26 bits per heavy atom. The van der Waals surface area contributed by atoms with Crippen molar-refractivity contribution in [2.24, 2.45) is 5.73 Å². The highest BCUT2D eigenvalue weighted by Gasteiger charge is 2.23. The van der Waals surface area contributed by atoms with Crippen molar-refractivity contribution in [1.29, 1.82) is 0 Å². The second-order valence-electron chi connectivity index (χ2n) is 9.37. The Bertz CT molecular complexity index is 1460. The summed E-state index contributed by atoms with van der Waals surface area (Å²) in [5.41, 5.74) is 6.91. The van der Waals surface area contributed by atoms with Crippen molar-refractivity contribution in [3.63, 3.8) is 0 Å². The Hall–Kier alpha value is -4.29. The number of aromatic amines is 1. The number of H-pyrrole nitrogens is 1. The van der Waals surface area contributed by atoms with E-state index in [1.165, 1.54) is 18.5 Å². The van der Waals surface area contributed by atoms with Crippen LogP contribution in [0.5, 0.6) is 11.5 Å². The molecule has 0 aliphatic carbocycles. The van der Waals surface area contributed by atoms with Crippen LogP contribution >= 0.6 is 0 Å². The van der Waals surface area contributed by atoms with Gasteiger partial charge in [-0.3, -0.25) is 14.8 Å². The predicted octanol–water partition coefficient (Wildman–Crippen LogP) is 2.83. The van der Waals surface area contributed by atoms with Gasteiger partial charge in [-0.15, -0.1) is 0 Å². The van der Waals surface area contributed by atoms with Crippen molar-refractivity contribution in [2.75, 3.05) is 38.3 Å². The van der Waals surface area contributed by atoms with Gasteiger partial charge >= 0.3 is 0 Å². The smallest absolute Gasteiger partial charge is 0.223 e. The predicted molar refractivity (Wildman–Crippen MR) is 143 cm³/mol. The molecule has 39 heavy (non-hydrogen) atoms. The molecule has 11 nitrogen and oxygen atoms in total. The van der Waals surface area contributed by atoms with E-state index in [1.54, 1.807) is 42.3 Å². The highest BCUT2D eigenvalue weighted by Crippen LogP contribution is 2.40. The second-order valence-corrected chi connectivity index (χ2v) is 9.37. The van der Waals surface area contributed by atoms with E-state index >= 15 is 0 Å². The Balaban J connectivity index is 1.47. The lowest BCUT2D eigenvalue weighted by Gasteiger charge is -2.23. The SMILES string of the molecule is COc1cc2c(N(c3cccc(F)c3)c3cc(CC(N)=O)[nH]n3)ncnc2cc1OCCCN1CC[C@@H](O)C1. The zero-order chi connectivity index (χ0) is 27.4. The minimum atomic E-state index is -0.509. The van der Waals surface area contributed by atoms with E-state index in [2.05, 4.69) is 25.1 Å². The molecule has 4 N–H and O–H groups in total. The van der Waals surface area contributed by atoms with E-state index in [-0.39, 0.29) is 12.5 Å². The van der Waals surface area contributed by atoms with Gasteiger partial charge in [-0.1, -0.05) is 6.07 Å². The van der Waals surface area contributed by atoms with Gasteiger partial charge in [0.05, 0.1) is 37.4 Å². The first-order valence-corrected chi connectivity index (χ1v) is 12.7. The number of carbonyl (C=O) groups is 1. The molecule has 0 radical (unpaired) electrons. The minimum absolute atomic E-state index is 0.0264. The van der Waals surface area contributed by atoms with E-state index in [1.807, 2.05) is 0 Å². The quantitative estimate of drug-likeness (QED) is 0.247. The molecule has 1 amide bonds. The van der Waals surface area contributed by atoms with Crippen molar-refractivity contribution in [3.8, 4) is 11.5 Å². The molecule has 3 heterocycles. The number of fused-ring (bicyclic) bond motifs is 1. The third-order valence-corrected chi connectivity index (χ3v) is 6.51. The Morgan fingerprint density at radius 3 is 2.87 bits per heavy atom. The number of carbonyl (C=O) groups excluding carboxylic acids is 1. The number of nitrogens with two attached hydrogens (primary N) is 1. The summed E-state index contributed by atoms with van der Waals surface area (Å²) < 4.78 is 26.0. The van der Waals surface area contributed by atoms with Gasteiger partial charge in [0.25, 0.3) is 0 Å². The van der Waals surface area contributed by atoms with Crippen LogP contribution in [0.3, 0.4) is 0 Å². The van der Waals surface area contributed by atoms with Crippen LogP contribution in [-0.2, 0) is 11.2 Å². The van der Waals surface area contributed by atoms with E-state index in [0.717, 1.165) is 25.9 Å². The first-order chi connectivity index (χ1) is 18.9. The number of ether oxygens (including phenoxy) is 2. The normalized spacial score (nSPS) is 15.5. The molecule has 1 fully saturated rings. The fourth-order valence-corrected chi connectivity index (χ4v) is 4.71. The van der Waals surface area contributed by atoms with Gasteiger partial charge in [0.1, 0.15) is 18.0 Å². The molecule has 0 unspecified atom stereocenters. The molecule has 1 aliphatic heterocycles. The minimum Gasteiger partial charge on any atom is -0.493 e. The van der Waals surface area contributed by atoms with Crippen molar-refractivity contribution < 1.29 is 23.8 Å². The number of rotatable bonds is 11. The van der Waals surface area contributed by atoms with Crippen LogP contribution in [0.1, 0.15) is 18.5 Å². The Labute approximate surface area is 224 Å². The number of nitrogens with zero attached hydrogens (tertiary/aromatic N) is 5. The fourth-order valence-electron chi connectivity index (χ4n) is 4.71. The van der Waals surface area contributed by atoms with Crippen LogP contribution in [-0.4, -0.2) is 75.5 Å². The zero-order valence-corrected chi connectivity index (χ0v) is 21.5. The van der Waals surface area contributed by atoms with Gasteiger partial charge in [0, 0.05) is 42.8 Å². The molecule has 1 aliphatic rings. The van der Waals surface area contributed by atoms with Crippen molar-refractivity contribution in [1.82, 2.24) is 25.1 Å². The number of aliphatic hydroxyl groups excluding tert-OH is 1. The number of aromatic nitrogens is 4. The Morgan fingerprint density at radius 2 is 2.13 bits per heavy atom. The first-order valence-electron chi connectivity index (χ1n) is 12.7. The number of β-amino-alcohol motifs (C(OH)–C–C–N with tert-alkyl or cyclic N) is 1. The number of nitrogens with one attached hydrogen (secondary N) is 1. The van der Waals surface area contributed by atoms with Crippen LogP contribution < -0.4 is 20.1 Å². The van der Waals surface area contributed by atoms with Crippen molar-refractivity contribution in [2.45, 2.75) is 25.4 Å². The summed E-state index contributed by atoms with van der Waals surface area (Å²) in [6.07, 6.45) is 2.74. The number of likely N-dealkylation sites (tertiary alicyclic amines) is 1. The number of aliphatic hydroxyl groups is 1. The van der Waals surface area contributed by atoms with Crippen LogP contribution in [0, 0.1) is 5.82 Å². The number of benzene rings is 2. The molecule has 0 bridgehead atoms. The van der Waals surface area contributed by atoms with Crippen molar-refractivity contribution >= 4 is 34.1 Å². The standard InChI is InChI=1S/C27H30FN7O4/c1-38-23-13-21-22(14-24(23)39-9-3-7-34-8-6-20(36)15-34)30-16-31-27(21)35(19-5-2-4-17(28)10-19)26-12-18(32-33-26)11-25(29)37/h2,4-5,10,12-14,16,20,36H,3,6-9,11,15H2,1H3,(H2,29,37)(H,32,33)/t20-/m1/s1. The largest absolute Gasteiger partial charge is 0.493 e. The summed E-state index contributed by atoms with van der Waals surface area (Å²) in [7, 11) is 1.55. The maximum absolute atomic E-state index is 14.3. The Kier molecular flexibility index (Phi) is 7.84. The van der Waals surface area contributed by atoms with Gasteiger partial charge in [-0.05, 0) is 37.1 Å². The average Bonchev–Trinajstić information content (AvgIpc) is 3.54. The molecular formula is C27H30FN7O4. The number of methoxy groups -OCH3 is 1. The second kappa shape index (κ2) is 11.6. The van der Waals surface area contributed by atoms with Crippen LogP contribution in [0.15, 0.2) is 48.8 Å². The van der Waals surface area contributed by atoms with Crippen LogP contribution in [0.4, 0.5) is 21.7 Å². The molecule has 0 saturated carbocycles. The lowest BCUT2D eigenvalue weighted by atomic mass is 10.1. The van der Waals surface area contributed by atoms with E-state index in [0.29, 0.717) is 58.6 Å². The number of primary amides is 1. The highest BCUT2D eigenvalue weighted by atomic mass is 19.1. The van der Waals surface area contributed by atoms with Gasteiger partial charge in [-0.2, -0.15) is 5.10 Å². The third kappa shape index (κ3) is 6.07. The number of anilines is 3.